The minimum atomic E-state index is -3.88. The van der Waals surface area contributed by atoms with Gasteiger partial charge in [0.1, 0.15) is 0 Å². The van der Waals surface area contributed by atoms with Gasteiger partial charge in [-0.15, -0.1) is 0 Å². The Bertz CT molecular complexity index is 576. The largest absolute Gasteiger partial charge is 0.480 e. The molecule has 0 amide bonds. The zero-order chi connectivity index (χ0) is 15.0. The Hall–Kier alpha value is -1.49. The summed E-state index contributed by atoms with van der Waals surface area (Å²) in [5.41, 5.74) is 0.388. The van der Waals surface area contributed by atoms with Crippen molar-refractivity contribution in [3.05, 3.63) is 35.9 Å². The molecular formula is C13H15O6P. The van der Waals surface area contributed by atoms with Crippen molar-refractivity contribution in [2.24, 2.45) is 5.92 Å². The lowest BCUT2D eigenvalue weighted by atomic mass is 10.1. The van der Waals surface area contributed by atoms with E-state index in [2.05, 4.69) is 0 Å². The molecule has 1 fully saturated rings. The van der Waals surface area contributed by atoms with E-state index in [1.807, 2.05) is 0 Å². The zero-order valence-corrected chi connectivity index (χ0v) is 12.0. The molecule has 20 heavy (non-hydrogen) atoms. The van der Waals surface area contributed by atoms with Gasteiger partial charge in [-0.05, 0) is 6.42 Å². The van der Waals surface area contributed by atoms with Crippen molar-refractivity contribution < 1.29 is 28.3 Å². The highest BCUT2D eigenvalue weighted by Crippen LogP contribution is 2.73. The van der Waals surface area contributed by atoms with E-state index < -0.39 is 24.6 Å². The molecule has 0 saturated heterocycles. The summed E-state index contributed by atoms with van der Waals surface area (Å²) in [6.07, 6.45) is -0.0466. The molecule has 1 aromatic rings. The summed E-state index contributed by atoms with van der Waals surface area (Å²) in [5, 5.41) is 7.61. The van der Waals surface area contributed by atoms with Gasteiger partial charge in [0.05, 0.1) is 5.92 Å². The maximum absolute atomic E-state index is 12.4. The molecule has 2 atom stereocenters. The number of carboxylic acid groups (broad SMARTS) is 1. The molecule has 0 bridgehead atoms. The van der Waals surface area contributed by atoms with Gasteiger partial charge in [0.25, 0.3) is 0 Å². The number of carbonyl (C=O) groups excluding carboxylic acids is 1. The van der Waals surface area contributed by atoms with Crippen LogP contribution in [0.3, 0.4) is 0 Å². The molecule has 7 heteroatoms. The second-order valence-electron chi connectivity index (χ2n) is 4.58. The van der Waals surface area contributed by atoms with Crippen LogP contribution in [0.2, 0.25) is 0 Å². The Morgan fingerprint density at radius 3 is 2.25 bits per heavy atom. The maximum Gasteiger partial charge on any atom is 0.348 e. The lowest BCUT2D eigenvalue weighted by Gasteiger charge is -2.21. The second kappa shape index (κ2) is 5.13. The van der Waals surface area contributed by atoms with E-state index in [9.17, 15) is 19.3 Å². The van der Waals surface area contributed by atoms with Crippen LogP contribution in [0.15, 0.2) is 30.3 Å². The van der Waals surface area contributed by atoms with Gasteiger partial charge in [0, 0.05) is 19.8 Å². The molecule has 0 aromatic heterocycles. The number of aliphatic carboxylic acids is 1. The molecule has 1 N–H and O–H groups in total. The standard InChI is InChI=1S/C13H15O6P/c1-18-20(17,19-2)13(12(15)16)8-10(13)11(14)9-6-4-3-5-7-9/h3-7,10H,8H2,1-2H3,(H,15,16). The van der Waals surface area contributed by atoms with Crippen molar-refractivity contribution in [3.63, 3.8) is 0 Å². The van der Waals surface area contributed by atoms with E-state index in [1.54, 1.807) is 30.3 Å². The monoisotopic (exact) mass is 298 g/mol. The molecule has 2 unspecified atom stereocenters. The van der Waals surface area contributed by atoms with Crippen molar-refractivity contribution in [1.29, 1.82) is 0 Å². The normalized spacial score (nSPS) is 25.2. The zero-order valence-electron chi connectivity index (χ0n) is 11.1. The van der Waals surface area contributed by atoms with Crippen molar-refractivity contribution in [2.75, 3.05) is 14.2 Å². The van der Waals surface area contributed by atoms with E-state index in [0.29, 0.717) is 5.56 Å². The van der Waals surface area contributed by atoms with Crippen LogP contribution in [0.4, 0.5) is 0 Å². The molecule has 2 rings (SSSR count). The minimum Gasteiger partial charge on any atom is -0.480 e. The first-order chi connectivity index (χ1) is 9.43. The number of benzene rings is 1. The van der Waals surface area contributed by atoms with Gasteiger partial charge in [0.15, 0.2) is 10.9 Å². The molecule has 6 nitrogen and oxygen atoms in total. The number of Topliss-reactive ketones (excluding diaryl/α,β-unsaturated/α-hetero) is 1. The first-order valence-electron chi connectivity index (χ1n) is 5.97. The number of ketones is 1. The molecule has 108 valence electrons. The number of hydrogen-bond donors (Lipinski definition) is 1. The molecule has 0 spiro atoms. The van der Waals surface area contributed by atoms with Gasteiger partial charge in [-0.2, -0.15) is 0 Å². The number of carbonyl (C=O) groups is 2. The highest BCUT2D eigenvalue weighted by Gasteiger charge is 2.75. The van der Waals surface area contributed by atoms with Crippen LogP contribution >= 0.6 is 7.60 Å². The summed E-state index contributed by atoms with van der Waals surface area (Å²) in [6.45, 7) is 0. The van der Waals surface area contributed by atoms with Crippen LogP contribution in [0.1, 0.15) is 16.8 Å². The van der Waals surface area contributed by atoms with Crippen LogP contribution in [0, 0.1) is 5.92 Å². The van der Waals surface area contributed by atoms with E-state index in [-0.39, 0.29) is 12.2 Å². The van der Waals surface area contributed by atoms with Gasteiger partial charge in [0.2, 0.25) is 0 Å². The Morgan fingerprint density at radius 2 is 1.80 bits per heavy atom. The second-order valence-corrected chi connectivity index (χ2v) is 7.10. The number of hydrogen-bond acceptors (Lipinski definition) is 5. The van der Waals surface area contributed by atoms with Crippen LogP contribution < -0.4 is 0 Å². The van der Waals surface area contributed by atoms with Gasteiger partial charge in [-0.1, -0.05) is 30.3 Å². The molecule has 0 radical (unpaired) electrons. The molecule has 1 saturated carbocycles. The van der Waals surface area contributed by atoms with Crippen LogP contribution in [-0.2, 0) is 18.4 Å². The Balaban J connectivity index is 2.36. The van der Waals surface area contributed by atoms with E-state index in [0.717, 1.165) is 14.2 Å². The van der Waals surface area contributed by atoms with Crippen LogP contribution in [0.25, 0.3) is 0 Å². The SMILES string of the molecule is COP(=O)(OC)C1(C(=O)O)CC1C(=O)c1ccccc1. The topological polar surface area (TPSA) is 89.9 Å². The van der Waals surface area contributed by atoms with Crippen LogP contribution in [-0.4, -0.2) is 36.2 Å². The highest BCUT2D eigenvalue weighted by molar-refractivity contribution is 7.57. The number of carboxylic acids is 1. The summed E-state index contributed by atoms with van der Waals surface area (Å²) in [5.74, 6) is -2.59. The molecule has 0 aliphatic heterocycles. The van der Waals surface area contributed by atoms with E-state index >= 15 is 0 Å². The Morgan fingerprint density at radius 1 is 1.25 bits per heavy atom. The van der Waals surface area contributed by atoms with Crippen molar-refractivity contribution in [2.45, 2.75) is 11.6 Å². The first-order valence-corrected chi connectivity index (χ1v) is 7.51. The van der Waals surface area contributed by atoms with Crippen molar-refractivity contribution >= 4 is 19.3 Å². The summed E-state index contributed by atoms with van der Waals surface area (Å²) in [7, 11) is -1.64. The quantitative estimate of drug-likeness (QED) is 0.639. The van der Waals surface area contributed by atoms with Gasteiger partial charge >= 0.3 is 13.6 Å². The third-order valence-electron chi connectivity index (χ3n) is 3.65. The van der Waals surface area contributed by atoms with Gasteiger partial charge in [-0.3, -0.25) is 14.2 Å². The third kappa shape index (κ3) is 2.00. The highest BCUT2D eigenvalue weighted by atomic mass is 31.2. The average molecular weight is 298 g/mol. The van der Waals surface area contributed by atoms with Gasteiger partial charge in [-0.25, -0.2) is 0 Å². The Labute approximate surface area is 116 Å². The average Bonchev–Trinajstić information content (AvgIpc) is 3.24. The summed E-state index contributed by atoms with van der Waals surface area (Å²) >= 11 is 0. The lowest BCUT2D eigenvalue weighted by molar-refractivity contribution is -0.138. The minimum absolute atomic E-state index is 0.0466. The first kappa shape index (κ1) is 14.9. The van der Waals surface area contributed by atoms with E-state index in [1.165, 1.54) is 0 Å². The van der Waals surface area contributed by atoms with Crippen molar-refractivity contribution in [1.82, 2.24) is 0 Å². The van der Waals surface area contributed by atoms with Crippen LogP contribution in [0.5, 0.6) is 0 Å². The summed E-state index contributed by atoms with van der Waals surface area (Å²) in [6, 6.07) is 8.31. The lowest BCUT2D eigenvalue weighted by Crippen LogP contribution is -2.29. The molecule has 1 aliphatic carbocycles. The van der Waals surface area contributed by atoms with Gasteiger partial charge < -0.3 is 14.2 Å². The fourth-order valence-corrected chi connectivity index (χ4v) is 4.36. The molecule has 1 aromatic carbocycles. The molecular weight excluding hydrogens is 283 g/mol. The fourth-order valence-electron chi connectivity index (χ4n) is 2.42. The maximum atomic E-state index is 12.4. The molecule has 1 aliphatic rings. The third-order valence-corrected chi connectivity index (χ3v) is 6.27. The summed E-state index contributed by atoms with van der Waals surface area (Å²) in [4.78, 5) is 23.8. The van der Waals surface area contributed by atoms with Crippen molar-refractivity contribution in [3.8, 4) is 0 Å². The molecule has 0 heterocycles. The Kier molecular flexibility index (Phi) is 3.82. The summed E-state index contributed by atoms with van der Waals surface area (Å²) < 4.78 is 22.0. The number of rotatable bonds is 6. The fraction of sp³-hybridized carbons (Fsp3) is 0.385. The van der Waals surface area contributed by atoms with E-state index in [4.69, 9.17) is 9.05 Å². The predicted molar refractivity (Wildman–Crippen MR) is 70.9 cm³/mol. The smallest absolute Gasteiger partial charge is 0.348 e. The predicted octanol–water partition coefficient (Wildman–Crippen LogP) is 2.20.